The van der Waals surface area contributed by atoms with E-state index in [-0.39, 0.29) is 5.41 Å². The van der Waals surface area contributed by atoms with Crippen LogP contribution in [0.15, 0.2) is 24.3 Å². The summed E-state index contributed by atoms with van der Waals surface area (Å²) < 4.78 is 11.1. The SMILES string of the molecule is CCCOCCOc1ccc(C(C)(C)CC(C)(C)C)cc1. The first-order valence-corrected chi connectivity index (χ1v) is 8.06. The third kappa shape index (κ3) is 6.99. The zero-order valence-electron chi connectivity index (χ0n) is 14.7. The molecule has 0 saturated heterocycles. The fraction of sp³-hybridized carbons (Fsp3) is 0.684. The van der Waals surface area contributed by atoms with E-state index in [4.69, 9.17) is 9.47 Å². The Balaban J connectivity index is 2.53. The van der Waals surface area contributed by atoms with Gasteiger partial charge in [0.15, 0.2) is 0 Å². The molecule has 0 radical (unpaired) electrons. The molecule has 0 atom stereocenters. The van der Waals surface area contributed by atoms with Crippen LogP contribution in [0.3, 0.4) is 0 Å². The molecule has 1 aromatic rings. The molecule has 0 heterocycles. The molecule has 0 aliphatic heterocycles. The summed E-state index contributed by atoms with van der Waals surface area (Å²) in [6.07, 6.45) is 2.21. The predicted octanol–water partition coefficient (Wildman–Crippen LogP) is 5.21. The number of hydrogen-bond acceptors (Lipinski definition) is 2. The van der Waals surface area contributed by atoms with Gasteiger partial charge in [-0.05, 0) is 41.4 Å². The highest BCUT2D eigenvalue weighted by Crippen LogP contribution is 2.36. The molecule has 0 aliphatic rings. The van der Waals surface area contributed by atoms with E-state index in [2.05, 4.69) is 65.8 Å². The summed E-state index contributed by atoms with van der Waals surface area (Å²) in [5, 5.41) is 0. The van der Waals surface area contributed by atoms with Crippen molar-refractivity contribution in [2.24, 2.45) is 5.41 Å². The van der Waals surface area contributed by atoms with Crippen LogP contribution >= 0.6 is 0 Å². The monoisotopic (exact) mass is 292 g/mol. The molecule has 0 fully saturated rings. The minimum atomic E-state index is 0.182. The standard InChI is InChI=1S/C19H32O2/c1-7-12-20-13-14-21-17-10-8-16(9-11-17)19(5,6)15-18(2,3)4/h8-11H,7,12-15H2,1-6H3. The first-order valence-electron chi connectivity index (χ1n) is 8.06. The largest absolute Gasteiger partial charge is 0.491 e. The van der Waals surface area contributed by atoms with Gasteiger partial charge in [0.25, 0.3) is 0 Å². The maximum absolute atomic E-state index is 5.70. The number of ether oxygens (including phenoxy) is 2. The summed E-state index contributed by atoms with van der Waals surface area (Å²) in [5.41, 5.74) is 1.88. The van der Waals surface area contributed by atoms with Crippen LogP contribution in [0.1, 0.15) is 59.9 Å². The minimum Gasteiger partial charge on any atom is -0.491 e. The molecule has 0 bridgehead atoms. The Morgan fingerprint density at radius 2 is 1.48 bits per heavy atom. The van der Waals surface area contributed by atoms with Crippen LogP contribution in [0.2, 0.25) is 0 Å². The second-order valence-corrected chi connectivity index (χ2v) is 7.61. The summed E-state index contributed by atoms with van der Waals surface area (Å²) in [5.74, 6) is 0.922. The molecule has 2 heteroatoms. The molecule has 0 unspecified atom stereocenters. The first-order chi connectivity index (χ1) is 9.74. The van der Waals surface area contributed by atoms with Crippen LogP contribution in [0, 0.1) is 5.41 Å². The normalized spacial score (nSPS) is 12.5. The summed E-state index contributed by atoms with van der Waals surface area (Å²) in [6, 6.07) is 8.51. The van der Waals surface area contributed by atoms with E-state index < -0.39 is 0 Å². The molecule has 0 amide bonds. The van der Waals surface area contributed by atoms with Crippen molar-refractivity contribution in [1.29, 1.82) is 0 Å². The van der Waals surface area contributed by atoms with Crippen molar-refractivity contribution in [2.75, 3.05) is 19.8 Å². The molecule has 1 aromatic carbocycles. The molecule has 0 aromatic heterocycles. The number of benzene rings is 1. The van der Waals surface area contributed by atoms with E-state index in [0.717, 1.165) is 25.2 Å². The van der Waals surface area contributed by atoms with Crippen molar-refractivity contribution >= 4 is 0 Å². The molecule has 21 heavy (non-hydrogen) atoms. The molecule has 120 valence electrons. The van der Waals surface area contributed by atoms with Crippen LogP contribution in [0.5, 0.6) is 5.75 Å². The van der Waals surface area contributed by atoms with Crippen LogP contribution in [-0.2, 0) is 10.2 Å². The summed E-state index contributed by atoms with van der Waals surface area (Å²) in [6.45, 7) is 15.7. The Labute approximate surface area is 130 Å². The maximum Gasteiger partial charge on any atom is 0.119 e. The highest BCUT2D eigenvalue weighted by molar-refractivity contribution is 5.31. The Morgan fingerprint density at radius 3 is 2.00 bits per heavy atom. The molecule has 0 saturated carbocycles. The van der Waals surface area contributed by atoms with Gasteiger partial charge in [0.05, 0.1) is 6.61 Å². The average Bonchev–Trinajstić information content (AvgIpc) is 2.36. The van der Waals surface area contributed by atoms with E-state index in [1.807, 2.05) is 0 Å². The Bertz CT molecular complexity index is 399. The smallest absolute Gasteiger partial charge is 0.119 e. The van der Waals surface area contributed by atoms with Gasteiger partial charge in [0, 0.05) is 6.61 Å². The minimum absolute atomic E-state index is 0.182. The van der Waals surface area contributed by atoms with Gasteiger partial charge in [-0.15, -0.1) is 0 Å². The number of rotatable bonds is 8. The summed E-state index contributed by atoms with van der Waals surface area (Å²) in [7, 11) is 0. The maximum atomic E-state index is 5.70. The van der Waals surface area contributed by atoms with Crippen LogP contribution in [0.4, 0.5) is 0 Å². The Morgan fingerprint density at radius 1 is 0.857 bits per heavy atom. The van der Waals surface area contributed by atoms with Crippen LogP contribution in [-0.4, -0.2) is 19.8 Å². The van der Waals surface area contributed by atoms with Gasteiger partial charge in [0.2, 0.25) is 0 Å². The lowest BCUT2D eigenvalue weighted by molar-refractivity contribution is 0.101. The van der Waals surface area contributed by atoms with Gasteiger partial charge >= 0.3 is 0 Å². The number of hydrogen-bond donors (Lipinski definition) is 0. The molecular formula is C19H32O2. The lowest BCUT2D eigenvalue weighted by Crippen LogP contribution is -2.24. The van der Waals surface area contributed by atoms with Gasteiger partial charge < -0.3 is 9.47 Å². The van der Waals surface area contributed by atoms with Gasteiger partial charge in [0.1, 0.15) is 12.4 Å². The highest BCUT2D eigenvalue weighted by Gasteiger charge is 2.27. The van der Waals surface area contributed by atoms with Gasteiger partial charge in [-0.1, -0.05) is 53.7 Å². The lowest BCUT2D eigenvalue weighted by Gasteiger charge is -2.33. The van der Waals surface area contributed by atoms with Gasteiger partial charge in [-0.3, -0.25) is 0 Å². The van der Waals surface area contributed by atoms with E-state index >= 15 is 0 Å². The van der Waals surface area contributed by atoms with Gasteiger partial charge in [-0.2, -0.15) is 0 Å². The molecule has 0 N–H and O–H groups in total. The van der Waals surface area contributed by atoms with Crippen molar-refractivity contribution in [3.63, 3.8) is 0 Å². The van der Waals surface area contributed by atoms with E-state index in [9.17, 15) is 0 Å². The first kappa shape index (κ1) is 18.0. The van der Waals surface area contributed by atoms with Crippen molar-refractivity contribution in [1.82, 2.24) is 0 Å². The van der Waals surface area contributed by atoms with Crippen molar-refractivity contribution in [3.8, 4) is 5.75 Å². The second kappa shape index (κ2) is 7.84. The molecular weight excluding hydrogens is 260 g/mol. The zero-order chi connectivity index (χ0) is 15.9. The van der Waals surface area contributed by atoms with E-state index in [1.165, 1.54) is 5.56 Å². The topological polar surface area (TPSA) is 18.5 Å². The van der Waals surface area contributed by atoms with E-state index in [0.29, 0.717) is 18.6 Å². The molecule has 0 spiro atoms. The molecule has 0 aliphatic carbocycles. The third-order valence-electron chi connectivity index (χ3n) is 3.45. The Kier molecular flexibility index (Phi) is 6.73. The lowest BCUT2D eigenvalue weighted by atomic mass is 9.72. The Hall–Kier alpha value is -1.02. The van der Waals surface area contributed by atoms with Crippen molar-refractivity contribution in [2.45, 2.75) is 59.8 Å². The van der Waals surface area contributed by atoms with Gasteiger partial charge in [-0.25, -0.2) is 0 Å². The average molecular weight is 292 g/mol. The third-order valence-corrected chi connectivity index (χ3v) is 3.45. The molecule has 1 rings (SSSR count). The summed E-state index contributed by atoms with van der Waals surface area (Å²) in [4.78, 5) is 0. The van der Waals surface area contributed by atoms with Crippen molar-refractivity contribution < 1.29 is 9.47 Å². The fourth-order valence-corrected chi connectivity index (χ4v) is 2.90. The second-order valence-electron chi connectivity index (χ2n) is 7.61. The van der Waals surface area contributed by atoms with Crippen molar-refractivity contribution in [3.05, 3.63) is 29.8 Å². The fourth-order valence-electron chi connectivity index (χ4n) is 2.90. The highest BCUT2D eigenvalue weighted by atomic mass is 16.5. The predicted molar refractivity (Wildman–Crippen MR) is 90.1 cm³/mol. The summed E-state index contributed by atoms with van der Waals surface area (Å²) >= 11 is 0. The van der Waals surface area contributed by atoms with Crippen LogP contribution in [0.25, 0.3) is 0 Å². The molecule has 2 nitrogen and oxygen atoms in total. The van der Waals surface area contributed by atoms with E-state index in [1.54, 1.807) is 0 Å². The quantitative estimate of drug-likeness (QED) is 0.613. The van der Waals surface area contributed by atoms with Crippen LogP contribution < -0.4 is 4.74 Å². The zero-order valence-corrected chi connectivity index (χ0v) is 14.7.